The van der Waals surface area contributed by atoms with Gasteiger partial charge in [0.2, 0.25) is 0 Å². The predicted molar refractivity (Wildman–Crippen MR) is 123 cm³/mol. The van der Waals surface area contributed by atoms with Crippen LogP contribution in [0.1, 0.15) is 44.5 Å². The molecule has 2 fully saturated rings. The summed E-state index contributed by atoms with van der Waals surface area (Å²) in [6.45, 7) is 11.8. The van der Waals surface area contributed by atoms with Crippen molar-refractivity contribution in [1.82, 2.24) is 14.8 Å². The summed E-state index contributed by atoms with van der Waals surface area (Å²) < 4.78 is 32.5. The Hall–Kier alpha value is -3.07. The van der Waals surface area contributed by atoms with Crippen LogP contribution in [0.4, 0.5) is 13.6 Å². The maximum atomic E-state index is 13.7. The van der Waals surface area contributed by atoms with E-state index in [0.717, 1.165) is 50.4 Å². The van der Waals surface area contributed by atoms with Gasteiger partial charge < -0.3 is 14.5 Å². The summed E-state index contributed by atoms with van der Waals surface area (Å²) in [6.07, 6.45) is 1.51. The Kier molecular flexibility index (Phi) is 6.58. The maximum Gasteiger partial charge on any atom is 0.410 e. The number of carbonyl (C=O) groups excluding carboxylic acids is 1. The highest BCUT2D eigenvalue weighted by Crippen LogP contribution is 2.40. The molecule has 1 aromatic heterocycles. The van der Waals surface area contributed by atoms with Gasteiger partial charge in [0.1, 0.15) is 17.9 Å². The predicted octanol–water partition coefficient (Wildman–Crippen LogP) is 4.20. The summed E-state index contributed by atoms with van der Waals surface area (Å²) in [4.78, 5) is 25.9. The molecule has 2 aromatic rings. The second-order valence-electron chi connectivity index (χ2n) is 10.0. The largest absolute Gasteiger partial charge is 0.444 e. The Labute approximate surface area is 198 Å². The van der Waals surface area contributed by atoms with Crippen molar-refractivity contribution in [2.24, 2.45) is 10.6 Å². The van der Waals surface area contributed by atoms with Gasteiger partial charge in [0.05, 0.1) is 5.69 Å². The number of hydrogen-bond acceptors (Lipinski definition) is 6. The highest BCUT2D eigenvalue weighted by molar-refractivity contribution is 6.11. The molecule has 0 radical (unpaired) electrons. The van der Waals surface area contributed by atoms with E-state index in [1.54, 1.807) is 24.1 Å². The molecule has 0 N–H and O–H groups in total. The first-order valence-electron chi connectivity index (χ1n) is 11.4. The number of rotatable bonds is 6. The van der Waals surface area contributed by atoms with Crippen molar-refractivity contribution in [2.75, 3.05) is 32.8 Å². The van der Waals surface area contributed by atoms with Crippen LogP contribution >= 0.6 is 0 Å². The van der Waals surface area contributed by atoms with E-state index in [2.05, 4.69) is 15.0 Å². The van der Waals surface area contributed by atoms with Crippen LogP contribution in [0.25, 0.3) is 0 Å². The number of hydrogen-bond donors (Lipinski definition) is 0. The molecular formula is C25H30F2N4O3. The molecule has 3 heterocycles. The molecule has 34 heavy (non-hydrogen) atoms. The fourth-order valence-electron chi connectivity index (χ4n) is 4.37. The molecule has 0 bridgehead atoms. The molecule has 2 aliphatic heterocycles. The van der Waals surface area contributed by atoms with Crippen molar-refractivity contribution in [1.29, 1.82) is 0 Å². The quantitative estimate of drug-likeness (QED) is 0.466. The summed E-state index contributed by atoms with van der Waals surface area (Å²) in [6, 6.07) is 7.34. The van der Waals surface area contributed by atoms with E-state index < -0.39 is 17.2 Å². The van der Waals surface area contributed by atoms with Gasteiger partial charge in [0, 0.05) is 49.9 Å². The summed E-state index contributed by atoms with van der Waals surface area (Å²) in [5.41, 5.74) is 1.94. The summed E-state index contributed by atoms with van der Waals surface area (Å²) in [7, 11) is 0. The number of likely N-dealkylation sites (tertiary alicyclic amines) is 2. The zero-order valence-corrected chi connectivity index (χ0v) is 20.0. The van der Waals surface area contributed by atoms with Crippen LogP contribution in [0, 0.1) is 17.0 Å². The topological polar surface area (TPSA) is 67.3 Å². The second kappa shape index (κ2) is 9.29. The third kappa shape index (κ3) is 5.35. The van der Waals surface area contributed by atoms with Crippen LogP contribution in [-0.4, -0.2) is 65.0 Å². The van der Waals surface area contributed by atoms with Gasteiger partial charge in [-0.2, -0.15) is 0 Å². The third-order valence-corrected chi connectivity index (χ3v) is 5.77. The number of halogens is 2. The first-order valence-corrected chi connectivity index (χ1v) is 11.4. The molecule has 1 amide bonds. The number of ether oxygens (including phenoxy) is 1. The minimum Gasteiger partial charge on any atom is -0.444 e. The molecule has 0 aliphatic carbocycles. The van der Waals surface area contributed by atoms with Crippen molar-refractivity contribution >= 4 is 11.8 Å². The Morgan fingerprint density at radius 3 is 2.44 bits per heavy atom. The molecule has 4 rings (SSSR count). The van der Waals surface area contributed by atoms with Gasteiger partial charge >= 0.3 is 6.09 Å². The molecule has 7 nitrogen and oxygen atoms in total. The van der Waals surface area contributed by atoms with E-state index in [1.165, 1.54) is 6.07 Å². The van der Waals surface area contributed by atoms with Gasteiger partial charge in [-0.3, -0.25) is 9.88 Å². The van der Waals surface area contributed by atoms with E-state index in [0.29, 0.717) is 23.6 Å². The number of aromatic nitrogens is 1. The molecular weight excluding hydrogens is 442 g/mol. The van der Waals surface area contributed by atoms with Gasteiger partial charge in [0.15, 0.2) is 11.6 Å². The number of carbonyl (C=O) groups is 1. The highest BCUT2D eigenvalue weighted by atomic mass is 19.2. The average molecular weight is 473 g/mol. The number of amides is 1. The normalized spacial score (nSPS) is 17.8. The molecule has 1 spiro atoms. The fraction of sp³-hybridized carbons (Fsp3) is 0.480. The van der Waals surface area contributed by atoms with E-state index in [9.17, 15) is 13.6 Å². The molecule has 1 aromatic carbocycles. The molecule has 182 valence electrons. The Morgan fingerprint density at radius 1 is 1.12 bits per heavy atom. The van der Waals surface area contributed by atoms with Gasteiger partial charge in [-0.05, 0) is 57.5 Å². The Balaban J connectivity index is 1.34. The summed E-state index contributed by atoms with van der Waals surface area (Å²) >= 11 is 0. The third-order valence-electron chi connectivity index (χ3n) is 5.77. The zero-order valence-electron chi connectivity index (χ0n) is 20.0. The van der Waals surface area contributed by atoms with Gasteiger partial charge in [0.25, 0.3) is 0 Å². The lowest BCUT2D eigenvalue weighted by Gasteiger charge is -2.60. The number of nitrogens with zero attached hydrogens (tertiary/aromatic N) is 4. The van der Waals surface area contributed by atoms with Crippen LogP contribution in [-0.2, 0) is 16.1 Å². The molecule has 0 unspecified atom stereocenters. The smallest absolute Gasteiger partial charge is 0.410 e. The van der Waals surface area contributed by atoms with E-state index in [1.807, 2.05) is 26.8 Å². The monoisotopic (exact) mass is 472 g/mol. The lowest BCUT2D eigenvalue weighted by atomic mass is 9.73. The lowest BCUT2D eigenvalue weighted by molar-refractivity contribution is -0.115. The van der Waals surface area contributed by atoms with Crippen molar-refractivity contribution in [3.05, 3.63) is 65.0 Å². The number of pyridine rings is 1. The van der Waals surface area contributed by atoms with Crippen LogP contribution < -0.4 is 0 Å². The summed E-state index contributed by atoms with van der Waals surface area (Å²) in [5, 5.41) is 4.06. The summed E-state index contributed by atoms with van der Waals surface area (Å²) in [5.74, 6) is -1.87. The van der Waals surface area contributed by atoms with Gasteiger partial charge in [-0.15, -0.1) is 0 Å². The first kappa shape index (κ1) is 24.1. The highest BCUT2D eigenvalue weighted by Gasteiger charge is 2.53. The van der Waals surface area contributed by atoms with Crippen molar-refractivity contribution < 1.29 is 23.1 Å². The maximum absolute atomic E-state index is 13.7. The Morgan fingerprint density at radius 2 is 1.85 bits per heavy atom. The van der Waals surface area contributed by atoms with Crippen molar-refractivity contribution in [3.63, 3.8) is 0 Å². The van der Waals surface area contributed by atoms with E-state index >= 15 is 0 Å². The zero-order chi connectivity index (χ0) is 24.5. The van der Waals surface area contributed by atoms with E-state index in [-0.39, 0.29) is 11.5 Å². The number of oxime groups is 1. The SMILES string of the molecule is CCO/N=C(\c1ccc(F)c(F)c1)c1ccc(CN2CC3(C2)CN(C(=O)OC(C)(C)C)C3)cn1. The minimum absolute atomic E-state index is 0.161. The standard InChI is InChI=1S/C25H30F2N4O3/c1-5-33-29-22(18-7-8-19(26)20(27)10-18)21-9-6-17(11-28-21)12-30-13-25(14-30)15-31(16-25)23(32)34-24(2,3)4/h6-11H,5,12-16H2,1-4H3/b29-22+. The number of benzene rings is 1. The van der Waals surface area contributed by atoms with Crippen LogP contribution in [0.15, 0.2) is 41.7 Å². The Bertz CT molecular complexity index is 1070. The van der Waals surface area contributed by atoms with Gasteiger partial charge in [-0.1, -0.05) is 11.2 Å². The lowest BCUT2D eigenvalue weighted by Crippen LogP contribution is -2.72. The molecule has 0 atom stereocenters. The van der Waals surface area contributed by atoms with Crippen molar-refractivity contribution in [3.8, 4) is 0 Å². The molecule has 0 saturated carbocycles. The van der Waals surface area contributed by atoms with Crippen molar-refractivity contribution in [2.45, 2.75) is 39.8 Å². The molecule has 2 saturated heterocycles. The van der Waals surface area contributed by atoms with Crippen LogP contribution in [0.5, 0.6) is 0 Å². The molecule has 2 aliphatic rings. The fourth-order valence-corrected chi connectivity index (χ4v) is 4.37. The van der Waals surface area contributed by atoms with E-state index in [4.69, 9.17) is 9.57 Å². The van der Waals surface area contributed by atoms with Crippen LogP contribution in [0.2, 0.25) is 0 Å². The second-order valence-corrected chi connectivity index (χ2v) is 10.0. The minimum atomic E-state index is -0.953. The van der Waals surface area contributed by atoms with Gasteiger partial charge in [-0.25, -0.2) is 13.6 Å². The average Bonchev–Trinajstić information content (AvgIpc) is 2.71. The first-order chi connectivity index (χ1) is 16.1. The van der Waals surface area contributed by atoms with Crippen LogP contribution in [0.3, 0.4) is 0 Å². The molecule has 9 heteroatoms.